The van der Waals surface area contributed by atoms with Crippen LogP contribution in [0, 0.1) is 15.9 Å². The van der Waals surface area contributed by atoms with E-state index < -0.39 is 21.8 Å². The van der Waals surface area contributed by atoms with Crippen molar-refractivity contribution >= 4 is 11.5 Å². The molecule has 5 heteroatoms. The number of carbonyl (C=O) groups is 1. The first kappa shape index (κ1) is 13.3. The van der Waals surface area contributed by atoms with Crippen LogP contribution in [0.25, 0.3) is 0 Å². The first-order valence-electron chi connectivity index (χ1n) is 5.18. The second kappa shape index (κ2) is 4.61. The number of ketones is 1. The van der Waals surface area contributed by atoms with E-state index in [9.17, 15) is 19.3 Å². The fourth-order valence-electron chi connectivity index (χ4n) is 1.80. The fourth-order valence-corrected chi connectivity index (χ4v) is 1.80. The number of nitro benzene ring substituents is 1. The van der Waals surface area contributed by atoms with E-state index in [1.165, 1.54) is 19.1 Å². The van der Waals surface area contributed by atoms with Gasteiger partial charge >= 0.3 is 5.69 Å². The maximum Gasteiger partial charge on any atom is 0.305 e. The summed E-state index contributed by atoms with van der Waals surface area (Å²) in [4.78, 5) is 21.0. The molecule has 0 fully saturated rings. The van der Waals surface area contributed by atoms with E-state index >= 15 is 0 Å². The molecule has 0 unspecified atom stereocenters. The van der Waals surface area contributed by atoms with Crippen LogP contribution in [-0.2, 0) is 10.2 Å². The molecule has 0 bridgehead atoms. The van der Waals surface area contributed by atoms with Crippen LogP contribution in [0.4, 0.5) is 10.1 Å². The van der Waals surface area contributed by atoms with E-state index in [0.717, 1.165) is 6.07 Å². The quantitative estimate of drug-likeness (QED) is 0.599. The average molecular weight is 239 g/mol. The first-order valence-corrected chi connectivity index (χ1v) is 5.18. The lowest BCUT2D eigenvalue weighted by Crippen LogP contribution is -2.20. The van der Waals surface area contributed by atoms with E-state index in [-0.39, 0.29) is 12.2 Å². The van der Waals surface area contributed by atoms with Crippen LogP contribution in [0.2, 0.25) is 0 Å². The summed E-state index contributed by atoms with van der Waals surface area (Å²) in [5.41, 5.74) is -0.510. The number of hydrogen-bond acceptors (Lipinski definition) is 3. The third kappa shape index (κ3) is 3.09. The summed E-state index contributed by atoms with van der Waals surface area (Å²) in [7, 11) is 0. The molecule has 92 valence electrons. The lowest BCUT2D eigenvalue weighted by atomic mass is 9.80. The van der Waals surface area contributed by atoms with Gasteiger partial charge in [-0.25, -0.2) is 0 Å². The minimum Gasteiger partial charge on any atom is -0.300 e. The van der Waals surface area contributed by atoms with Crippen molar-refractivity contribution in [2.45, 2.75) is 32.6 Å². The van der Waals surface area contributed by atoms with Gasteiger partial charge in [-0.05, 0) is 24.0 Å². The maximum atomic E-state index is 13.2. The zero-order valence-corrected chi connectivity index (χ0v) is 9.99. The molecule has 1 aromatic carbocycles. The highest BCUT2D eigenvalue weighted by Crippen LogP contribution is 2.30. The maximum absolute atomic E-state index is 13.2. The molecule has 0 aromatic heterocycles. The Labute approximate surface area is 98.6 Å². The summed E-state index contributed by atoms with van der Waals surface area (Å²) in [5.74, 6) is -0.876. The molecule has 0 heterocycles. The summed E-state index contributed by atoms with van der Waals surface area (Å²) >= 11 is 0. The number of nitro groups is 1. The third-order valence-corrected chi connectivity index (χ3v) is 2.62. The molecular weight excluding hydrogens is 225 g/mol. The fraction of sp³-hybridized carbons (Fsp3) is 0.417. The van der Waals surface area contributed by atoms with E-state index in [2.05, 4.69) is 0 Å². The predicted octanol–water partition coefficient (Wildman–Crippen LogP) is 2.99. The molecule has 1 rings (SSSR count). The molecule has 0 amide bonds. The largest absolute Gasteiger partial charge is 0.305 e. The third-order valence-electron chi connectivity index (χ3n) is 2.62. The molecule has 0 saturated heterocycles. The Morgan fingerprint density at radius 3 is 2.53 bits per heavy atom. The van der Waals surface area contributed by atoms with Gasteiger partial charge in [0.15, 0.2) is 0 Å². The second-order valence-corrected chi connectivity index (χ2v) is 4.69. The Bertz CT molecular complexity index is 469. The number of Topliss-reactive ketones (excluding diaryl/α,β-unsaturated/α-hetero) is 1. The highest BCUT2D eigenvalue weighted by atomic mass is 19.1. The summed E-state index contributed by atoms with van der Waals surface area (Å²) in [6, 6.07) is 3.74. The number of nitrogens with zero attached hydrogens (tertiary/aromatic N) is 1. The van der Waals surface area contributed by atoms with E-state index in [1.54, 1.807) is 13.8 Å². The van der Waals surface area contributed by atoms with Crippen LogP contribution in [0.1, 0.15) is 32.8 Å². The van der Waals surface area contributed by atoms with E-state index in [1.807, 2.05) is 0 Å². The van der Waals surface area contributed by atoms with Crippen LogP contribution in [0.15, 0.2) is 18.2 Å². The smallest absolute Gasteiger partial charge is 0.300 e. The highest BCUT2D eigenvalue weighted by molar-refractivity contribution is 5.77. The normalized spacial score (nSPS) is 11.3. The number of benzene rings is 1. The van der Waals surface area contributed by atoms with Crippen LogP contribution < -0.4 is 0 Å². The molecule has 0 radical (unpaired) electrons. The number of halogens is 1. The van der Waals surface area contributed by atoms with Gasteiger partial charge in [0.1, 0.15) is 5.78 Å². The molecule has 1 aromatic rings. The second-order valence-electron chi connectivity index (χ2n) is 4.69. The standard InChI is InChI=1S/C12H14FNO3/c1-8(15)7-12(2,3)9-4-5-10(13)11(6-9)14(16)17/h4-6H,7H2,1-3H3. The van der Waals surface area contributed by atoms with Crippen molar-refractivity contribution in [1.82, 2.24) is 0 Å². The van der Waals surface area contributed by atoms with Crippen LogP contribution >= 0.6 is 0 Å². The average Bonchev–Trinajstić information content (AvgIpc) is 2.15. The lowest BCUT2D eigenvalue weighted by Gasteiger charge is -2.23. The van der Waals surface area contributed by atoms with Crippen LogP contribution in [0.3, 0.4) is 0 Å². The molecule has 0 atom stereocenters. The van der Waals surface area contributed by atoms with Crippen molar-refractivity contribution in [3.05, 3.63) is 39.7 Å². The Balaban J connectivity index is 3.19. The molecule has 0 N–H and O–H groups in total. The van der Waals surface area contributed by atoms with Gasteiger partial charge in [-0.2, -0.15) is 4.39 Å². The van der Waals surface area contributed by atoms with Crippen LogP contribution in [-0.4, -0.2) is 10.7 Å². The van der Waals surface area contributed by atoms with Gasteiger partial charge in [0.2, 0.25) is 5.82 Å². The van der Waals surface area contributed by atoms with Gasteiger partial charge in [-0.15, -0.1) is 0 Å². The highest BCUT2D eigenvalue weighted by Gasteiger charge is 2.26. The number of hydrogen-bond donors (Lipinski definition) is 0. The molecule has 4 nitrogen and oxygen atoms in total. The monoisotopic (exact) mass is 239 g/mol. The van der Waals surface area contributed by atoms with Gasteiger partial charge in [-0.3, -0.25) is 14.9 Å². The van der Waals surface area contributed by atoms with Crippen molar-refractivity contribution < 1.29 is 14.1 Å². The molecule has 0 spiro atoms. The Hall–Kier alpha value is -1.78. The zero-order valence-electron chi connectivity index (χ0n) is 9.99. The van der Waals surface area contributed by atoms with E-state index in [0.29, 0.717) is 5.56 Å². The van der Waals surface area contributed by atoms with Crippen LogP contribution in [0.5, 0.6) is 0 Å². The number of rotatable bonds is 4. The van der Waals surface area contributed by atoms with Gasteiger partial charge in [0.25, 0.3) is 0 Å². The van der Waals surface area contributed by atoms with Gasteiger partial charge in [0.05, 0.1) is 4.92 Å². The Morgan fingerprint density at radius 2 is 2.06 bits per heavy atom. The van der Waals surface area contributed by atoms with Crippen molar-refractivity contribution in [2.24, 2.45) is 0 Å². The minimum absolute atomic E-state index is 0.0121. The topological polar surface area (TPSA) is 60.2 Å². The summed E-state index contributed by atoms with van der Waals surface area (Å²) < 4.78 is 13.2. The molecule has 0 aliphatic heterocycles. The Morgan fingerprint density at radius 1 is 1.47 bits per heavy atom. The van der Waals surface area contributed by atoms with Gasteiger partial charge in [-0.1, -0.05) is 19.9 Å². The molecule has 0 aliphatic carbocycles. The molecule has 0 saturated carbocycles. The van der Waals surface area contributed by atoms with Gasteiger partial charge in [0, 0.05) is 12.5 Å². The summed E-state index contributed by atoms with van der Waals surface area (Å²) in [5, 5.41) is 10.6. The molecular formula is C12H14FNO3. The minimum atomic E-state index is -0.864. The SMILES string of the molecule is CC(=O)CC(C)(C)c1ccc(F)c([N+](=O)[O-])c1. The lowest BCUT2D eigenvalue weighted by molar-refractivity contribution is -0.387. The summed E-state index contributed by atoms with van der Waals surface area (Å²) in [6.07, 6.45) is 0.260. The van der Waals surface area contributed by atoms with Gasteiger partial charge < -0.3 is 0 Å². The van der Waals surface area contributed by atoms with E-state index in [4.69, 9.17) is 0 Å². The molecule has 17 heavy (non-hydrogen) atoms. The van der Waals surface area contributed by atoms with Crippen molar-refractivity contribution in [3.63, 3.8) is 0 Å². The van der Waals surface area contributed by atoms with Crippen molar-refractivity contribution in [2.75, 3.05) is 0 Å². The Kier molecular flexibility index (Phi) is 3.60. The number of carbonyl (C=O) groups excluding carboxylic acids is 1. The predicted molar refractivity (Wildman–Crippen MR) is 61.4 cm³/mol. The molecule has 0 aliphatic rings. The van der Waals surface area contributed by atoms with Crippen molar-refractivity contribution in [1.29, 1.82) is 0 Å². The summed E-state index contributed by atoms with van der Waals surface area (Å²) in [6.45, 7) is 5.05. The zero-order chi connectivity index (χ0) is 13.2. The first-order chi connectivity index (χ1) is 7.74. The van der Waals surface area contributed by atoms with Crippen molar-refractivity contribution in [3.8, 4) is 0 Å².